The van der Waals surface area contributed by atoms with Crippen LogP contribution in [0.1, 0.15) is 12.6 Å². The third-order valence-electron chi connectivity index (χ3n) is 3.41. The Morgan fingerprint density at radius 1 is 1.39 bits per heavy atom. The molecule has 0 aliphatic rings. The molecule has 7 nitrogen and oxygen atoms in total. The van der Waals surface area contributed by atoms with Gasteiger partial charge in [-0.25, -0.2) is 9.78 Å². The molecule has 3 rings (SSSR count). The molecule has 0 aliphatic carbocycles. The Hall–Kier alpha value is -1.65. The SMILES string of the molecule is CCOC(=S)SCc1csc2nc3c(c(=O)n(C)c(=O)n3C)n12. The number of nitrogens with zero attached hydrogens (tertiary/aromatic N) is 4. The molecule has 3 heterocycles. The molecule has 0 saturated carbocycles. The summed E-state index contributed by atoms with van der Waals surface area (Å²) in [4.78, 5) is 29.6. The minimum Gasteiger partial charge on any atom is -0.479 e. The second-order valence-corrected chi connectivity index (χ2v) is 7.22. The van der Waals surface area contributed by atoms with Crippen molar-refractivity contribution in [2.75, 3.05) is 6.61 Å². The number of hydrogen-bond donors (Lipinski definition) is 0. The van der Waals surface area contributed by atoms with Crippen molar-refractivity contribution < 1.29 is 4.74 Å². The van der Waals surface area contributed by atoms with Crippen LogP contribution in [0.5, 0.6) is 0 Å². The van der Waals surface area contributed by atoms with Gasteiger partial charge in [0.2, 0.25) is 4.38 Å². The fraction of sp³-hybridized carbons (Fsp3) is 0.385. The molecule has 10 heteroatoms. The minimum atomic E-state index is -0.387. The number of ether oxygens (including phenoxy) is 1. The Labute approximate surface area is 144 Å². The topological polar surface area (TPSA) is 70.5 Å². The van der Waals surface area contributed by atoms with Crippen LogP contribution in [0.25, 0.3) is 16.1 Å². The van der Waals surface area contributed by atoms with Gasteiger partial charge in [0.1, 0.15) is 0 Å². The lowest BCUT2D eigenvalue weighted by molar-refractivity contribution is 0.346. The van der Waals surface area contributed by atoms with E-state index < -0.39 is 0 Å². The molecule has 0 N–H and O–H groups in total. The Balaban J connectivity index is 2.17. The molecule has 23 heavy (non-hydrogen) atoms. The number of fused-ring (bicyclic) bond motifs is 3. The molecular formula is C13H14N4O3S3. The summed E-state index contributed by atoms with van der Waals surface area (Å²) in [6, 6.07) is 0. The van der Waals surface area contributed by atoms with Gasteiger partial charge in [-0.2, -0.15) is 0 Å². The maximum absolute atomic E-state index is 12.5. The lowest BCUT2D eigenvalue weighted by Crippen LogP contribution is -2.37. The first-order valence-electron chi connectivity index (χ1n) is 6.79. The summed E-state index contributed by atoms with van der Waals surface area (Å²) in [6.07, 6.45) is 0. The van der Waals surface area contributed by atoms with Gasteiger partial charge in [0, 0.05) is 30.9 Å². The number of hydrogen-bond acceptors (Lipinski definition) is 7. The molecular weight excluding hydrogens is 356 g/mol. The average molecular weight is 370 g/mol. The molecule has 0 saturated heterocycles. The summed E-state index contributed by atoms with van der Waals surface area (Å²) < 4.78 is 10.0. The van der Waals surface area contributed by atoms with Crippen LogP contribution >= 0.6 is 35.3 Å². The van der Waals surface area contributed by atoms with Crippen LogP contribution in [0, 0.1) is 0 Å². The molecule has 0 aliphatic heterocycles. The van der Waals surface area contributed by atoms with Gasteiger partial charge < -0.3 is 4.74 Å². The van der Waals surface area contributed by atoms with Crippen LogP contribution in [0.3, 0.4) is 0 Å². The first-order chi connectivity index (χ1) is 11.0. The number of aromatic nitrogens is 4. The Kier molecular flexibility index (Phi) is 4.30. The maximum atomic E-state index is 12.5. The van der Waals surface area contributed by atoms with Gasteiger partial charge in [0.05, 0.1) is 6.61 Å². The van der Waals surface area contributed by atoms with E-state index in [0.29, 0.717) is 32.9 Å². The normalized spacial score (nSPS) is 11.4. The van der Waals surface area contributed by atoms with E-state index in [1.165, 1.54) is 34.7 Å². The predicted octanol–water partition coefficient (Wildman–Crippen LogP) is 1.50. The van der Waals surface area contributed by atoms with Crippen LogP contribution in [0.4, 0.5) is 0 Å². The average Bonchev–Trinajstić information content (AvgIpc) is 3.08. The van der Waals surface area contributed by atoms with Gasteiger partial charge in [-0.1, -0.05) is 11.8 Å². The molecule has 0 radical (unpaired) electrons. The quantitative estimate of drug-likeness (QED) is 0.651. The Morgan fingerprint density at radius 2 is 2.13 bits per heavy atom. The van der Waals surface area contributed by atoms with Crippen molar-refractivity contribution in [3.63, 3.8) is 0 Å². The van der Waals surface area contributed by atoms with Crippen LogP contribution in [-0.2, 0) is 24.6 Å². The highest BCUT2D eigenvalue weighted by Gasteiger charge is 2.18. The fourth-order valence-electron chi connectivity index (χ4n) is 2.29. The summed E-state index contributed by atoms with van der Waals surface area (Å²) in [5, 5.41) is 1.94. The number of imidazole rings is 1. The predicted molar refractivity (Wildman–Crippen MR) is 96.6 cm³/mol. The smallest absolute Gasteiger partial charge is 0.332 e. The van der Waals surface area contributed by atoms with E-state index >= 15 is 0 Å². The highest BCUT2D eigenvalue weighted by molar-refractivity contribution is 8.22. The van der Waals surface area contributed by atoms with Crippen molar-refractivity contribution in [1.29, 1.82) is 0 Å². The molecule has 0 spiro atoms. The molecule has 0 atom stereocenters. The summed E-state index contributed by atoms with van der Waals surface area (Å²) in [5.74, 6) is 0.566. The number of thiocarbonyl (C=S) groups is 1. The second-order valence-electron chi connectivity index (χ2n) is 4.81. The fourth-order valence-corrected chi connectivity index (χ4v) is 4.25. The van der Waals surface area contributed by atoms with Crippen LogP contribution in [0.15, 0.2) is 15.0 Å². The number of thiazole rings is 1. The van der Waals surface area contributed by atoms with Gasteiger partial charge in [-0.3, -0.25) is 18.3 Å². The van der Waals surface area contributed by atoms with Gasteiger partial charge in [0.15, 0.2) is 16.1 Å². The van der Waals surface area contributed by atoms with E-state index in [4.69, 9.17) is 17.0 Å². The number of rotatable bonds is 3. The van der Waals surface area contributed by atoms with Crippen LogP contribution < -0.4 is 11.2 Å². The molecule has 122 valence electrons. The van der Waals surface area contributed by atoms with Gasteiger partial charge in [-0.15, -0.1) is 11.3 Å². The Bertz CT molecular complexity index is 1030. The first kappa shape index (κ1) is 16.2. The zero-order chi connectivity index (χ0) is 16.7. The van der Waals surface area contributed by atoms with Gasteiger partial charge >= 0.3 is 5.69 Å². The van der Waals surface area contributed by atoms with E-state index in [1.54, 1.807) is 11.4 Å². The highest BCUT2D eigenvalue weighted by Crippen LogP contribution is 2.24. The van der Waals surface area contributed by atoms with Crippen molar-refractivity contribution in [2.24, 2.45) is 14.1 Å². The van der Waals surface area contributed by atoms with Gasteiger partial charge in [-0.05, 0) is 19.1 Å². The third-order valence-corrected chi connectivity index (χ3v) is 5.55. The second kappa shape index (κ2) is 6.10. The van der Waals surface area contributed by atoms with Crippen molar-refractivity contribution in [1.82, 2.24) is 18.5 Å². The number of aryl methyl sites for hydroxylation is 1. The van der Waals surface area contributed by atoms with Crippen LogP contribution in [0.2, 0.25) is 0 Å². The van der Waals surface area contributed by atoms with E-state index in [0.717, 1.165) is 10.3 Å². The van der Waals surface area contributed by atoms with Crippen molar-refractivity contribution in [3.8, 4) is 0 Å². The lowest BCUT2D eigenvalue weighted by Gasteiger charge is -2.05. The van der Waals surface area contributed by atoms with E-state index in [9.17, 15) is 9.59 Å². The zero-order valence-corrected chi connectivity index (χ0v) is 15.2. The molecule has 3 aromatic heterocycles. The van der Waals surface area contributed by atoms with E-state index in [2.05, 4.69) is 4.98 Å². The van der Waals surface area contributed by atoms with Crippen LogP contribution in [-0.4, -0.2) is 29.5 Å². The van der Waals surface area contributed by atoms with Crippen molar-refractivity contribution in [3.05, 3.63) is 31.9 Å². The maximum Gasteiger partial charge on any atom is 0.332 e. The lowest BCUT2D eigenvalue weighted by atomic mass is 10.5. The minimum absolute atomic E-state index is 0.354. The first-order valence-corrected chi connectivity index (χ1v) is 9.07. The van der Waals surface area contributed by atoms with Crippen molar-refractivity contribution >= 4 is 55.8 Å². The monoisotopic (exact) mass is 370 g/mol. The molecule has 3 aromatic rings. The third kappa shape index (κ3) is 2.60. The van der Waals surface area contributed by atoms with Gasteiger partial charge in [0.25, 0.3) is 5.56 Å². The molecule has 0 amide bonds. The van der Waals surface area contributed by atoms with Crippen molar-refractivity contribution in [2.45, 2.75) is 12.7 Å². The molecule has 0 aromatic carbocycles. The molecule has 0 fully saturated rings. The highest BCUT2D eigenvalue weighted by atomic mass is 32.2. The number of thioether (sulfide) groups is 1. The zero-order valence-electron chi connectivity index (χ0n) is 12.7. The van der Waals surface area contributed by atoms with E-state index in [1.807, 2.05) is 12.3 Å². The summed E-state index contributed by atoms with van der Waals surface area (Å²) in [7, 11) is 3.08. The largest absolute Gasteiger partial charge is 0.479 e. The summed E-state index contributed by atoms with van der Waals surface area (Å²) >= 11 is 7.93. The Morgan fingerprint density at radius 3 is 2.83 bits per heavy atom. The summed E-state index contributed by atoms with van der Waals surface area (Å²) in [6.45, 7) is 2.41. The molecule has 0 unspecified atom stereocenters. The molecule has 0 bridgehead atoms. The van der Waals surface area contributed by atoms with E-state index in [-0.39, 0.29) is 11.2 Å². The summed E-state index contributed by atoms with van der Waals surface area (Å²) in [5.41, 5.74) is 0.956. The standard InChI is InChI=1S/C13H14N4O3S3/c1-4-20-13(21)23-6-7-5-22-11-14-9-8(17(7)11)10(18)16(3)12(19)15(9)2/h5H,4,6H2,1-3H3.